The minimum Gasteiger partial charge on any atom is -0.299 e. The van der Waals surface area contributed by atoms with Gasteiger partial charge < -0.3 is 0 Å². The molecule has 0 aliphatic heterocycles. The lowest BCUT2D eigenvalue weighted by Crippen LogP contribution is -2.46. The second-order valence-electron chi connectivity index (χ2n) is 7.37. The fraction of sp³-hybridized carbons (Fsp3) is 0.933. The molecule has 1 nitrogen and oxygen atoms in total. The molecule has 3 aliphatic rings. The predicted octanol–water partition coefficient (Wildman–Crippen LogP) is 3.67. The predicted molar refractivity (Wildman–Crippen MR) is 65.0 cm³/mol. The van der Waals surface area contributed by atoms with Gasteiger partial charge >= 0.3 is 0 Å². The van der Waals surface area contributed by atoms with Gasteiger partial charge in [-0.1, -0.05) is 27.7 Å². The molecule has 16 heavy (non-hydrogen) atoms. The zero-order valence-electron chi connectivity index (χ0n) is 11.0. The monoisotopic (exact) mass is 220 g/mol. The standard InChI is InChI=1S/C15H24O/c1-9-5-6-11(16)15(4)8-7-10-13(12(9)15)14(10,2)3/h9-10,12-13H,5-8H2,1-4H3/t9-,10?,12?,13?,15+/m0/s1. The Bertz CT molecular complexity index is 343. The largest absolute Gasteiger partial charge is 0.299 e. The molecule has 0 heterocycles. The topological polar surface area (TPSA) is 17.1 Å². The normalized spacial score (nSPS) is 54.1. The van der Waals surface area contributed by atoms with Crippen LogP contribution in [0, 0.1) is 34.5 Å². The lowest BCUT2D eigenvalue weighted by Gasteiger charge is -2.47. The third-order valence-electron chi connectivity index (χ3n) is 6.31. The molecule has 0 spiro atoms. The van der Waals surface area contributed by atoms with Gasteiger partial charge in [-0.2, -0.15) is 0 Å². The average molecular weight is 220 g/mol. The van der Waals surface area contributed by atoms with E-state index in [2.05, 4.69) is 27.7 Å². The Balaban J connectivity index is 1.98. The van der Waals surface area contributed by atoms with E-state index in [1.165, 1.54) is 6.42 Å². The van der Waals surface area contributed by atoms with Crippen molar-refractivity contribution in [1.29, 1.82) is 0 Å². The molecule has 1 heteroatoms. The molecule has 3 aliphatic carbocycles. The number of carbonyl (C=O) groups is 1. The molecule has 0 aromatic carbocycles. The maximum Gasteiger partial charge on any atom is 0.139 e. The molecule has 0 aromatic heterocycles. The first-order chi connectivity index (χ1) is 7.39. The second kappa shape index (κ2) is 2.91. The van der Waals surface area contributed by atoms with E-state index in [1.54, 1.807) is 0 Å². The molecule has 3 unspecified atom stereocenters. The van der Waals surface area contributed by atoms with Gasteiger partial charge in [0.15, 0.2) is 0 Å². The number of hydrogen-bond acceptors (Lipinski definition) is 1. The number of Topliss-reactive ketones (excluding diaryl/α,β-unsaturated/α-hetero) is 1. The molecule has 0 bridgehead atoms. The quantitative estimate of drug-likeness (QED) is 0.608. The first-order valence-electron chi connectivity index (χ1n) is 6.92. The molecule has 3 saturated carbocycles. The highest BCUT2D eigenvalue weighted by atomic mass is 16.1. The van der Waals surface area contributed by atoms with Crippen molar-refractivity contribution in [1.82, 2.24) is 0 Å². The van der Waals surface area contributed by atoms with Crippen LogP contribution in [0.15, 0.2) is 0 Å². The number of fused-ring (bicyclic) bond motifs is 3. The van der Waals surface area contributed by atoms with Crippen LogP contribution in [0.25, 0.3) is 0 Å². The zero-order chi connectivity index (χ0) is 11.7. The summed E-state index contributed by atoms with van der Waals surface area (Å²) in [5.41, 5.74) is 0.556. The van der Waals surface area contributed by atoms with Gasteiger partial charge in [0.05, 0.1) is 0 Å². The van der Waals surface area contributed by atoms with E-state index in [-0.39, 0.29) is 5.41 Å². The Morgan fingerprint density at radius 3 is 2.50 bits per heavy atom. The van der Waals surface area contributed by atoms with Crippen molar-refractivity contribution in [3.8, 4) is 0 Å². The highest BCUT2D eigenvalue weighted by Crippen LogP contribution is 2.73. The van der Waals surface area contributed by atoms with Crippen LogP contribution in [0.3, 0.4) is 0 Å². The van der Waals surface area contributed by atoms with Gasteiger partial charge in [-0.25, -0.2) is 0 Å². The van der Waals surface area contributed by atoms with Crippen molar-refractivity contribution in [3.63, 3.8) is 0 Å². The fourth-order valence-electron chi connectivity index (χ4n) is 5.20. The summed E-state index contributed by atoms with van der Waals surface area (Å²) in [7, 11) is 0. The van der Waals surface area contributed by atoms with E-state index in [9.17, 15) is 4.79 Å². The van der Waals surface area contributed by atoms with Crippen molar-refractivity contribution in [3.05, 3.63) is 0 Å². The molecule has 0 amide bonds. The number of carbonyl (C=O) groups excluding carboxylic acids is 1. The van der Waals surface area contributed by atoms with E-state index in [1.807, 2.05) is 0 Å². The van der Waals surface area contributed by atoms with Crippen molar-refractivity contribution >= 4 is 5.78 Å². The summed E-state index contributed by atoms with van der Waals surface area (Å²) in [5.74, 6) is 3.76. The van der Waals surface area contributed by atoms with Gasteiger partial charge in [0.25, 0.3) is 0 Å². The summed E-state index contributed by atoms with van der Waals surface area (Å²) in [6, 6.07) is 0. The highest BCUT2D eigenvalue weighted by molar-refractivity contribution is 5.86. The van der Waals surface area contributed by atoms with Gasteiger partial charge in [-0.05, 0) is 48.3 Å². The van der Waals surface area contributed by atoms with Crippen LogP contribution in [0.1, 0.15) is 53.4 Å². The van der Waals surface area contributed by atoms with Crippen LogP contribution in [-0.4, -0.2) is 5.78 Å². The molecular formula is C15H24O. The Hall–Kier alpha value is -0.330. The van der Waals surface area contributed by atoms with Crippen LogP contribution in [0.4, 0.5) is 0 Å². The summed E-state index contributed by atoms with van der Waals surface area (Å²) in [6.07, 6.45) is 4.43. The first-order valence-corrected chi connectivity index (χ1v) is 6.92. The molecular weight excluding hydrogens is 196 g/mol. The molecule has 0 saturated heterocycles. The maximum atomic E-state index is 12.3. The molecule has 0 N–H and O–H groups in total. The molecule has 90 valence electrons. The van der Waals surface area contributed by atoms with Gasteiger partial charge in [0.1, 0.15) is 5.78 Å². The molecule has 5 atom stereocenters. The summed E-state index contributed by atoms with van der Waals surface area (Å²) in [5, 5.41) is 0. The minimum atomic E-state index is 0.0343. The van der Waals surface area contributed by atoms with Crippen LogP contribution < -0.4 is 0 Å². The summed E-state index contributed by atoms with van der Waals surface area (Å²) in [4.78, 5) is 12.3. The lowest BCUT2D eigenvalue weighted by atomic mass is 9.56. The Kier molecular flexibility index (Phi) is 1.97. The molecule has 3 fully saturated rings. The molecule has 0 aromatic rings. The van der Waals surface area contributed by atoms with E-state index >= 15 is 0 Å². The fourth-order valence-corrected chi connectivity index (χ4v) is 5.20. The van der Waals surface area contributed by atoms with Crippen molar-refractivity contribution in [2.75, 3.05) is 0 Å². The van der Waals surface area contributed by atoms with Crippen LogP contribution >= 0.6 is 0 Å². The lowest BCUT2D eigenvalue weighted by molar-refractivity contribution is -0.140. The van der Waals surface area contributed by atoms with Gasteiger partial charge in [-0.3, -0.25) is 4.79 Å². The van der Waals surface area contributed by atoms with E-state index < -0.39 is 0 Å². The summed E-state index contributed by atoms with van der Waals surface area (Å²) < 4.78 is 0. The SMILES string of the molecule is C[C@H]1CCC(=O)[C@@]2(C)CCC3C(C12)C3(C)C. The Labute approximate surface area is 99.0 Å². The first kappa shape index (κ1) is 10.8. The number of ketones is 1. The van der Waals surface area contributed by atoms with Gasteiger partial charge in [-0.15, -0.1) is 0 Å². The van der Waals surface area contributed by atoms with Crippen molar-refractivity contribution < 1.29 is 4.79 Å². The van der Waals surface area contributed by atoms with Gasteiger partial charge in [0, 0.05) is 11.8 Å². The smallest absolute Gasteiger partial charge is 0.139 e. The van der Waals surface area contributed by atoms with E-state index in [4.69, 9.17) is 0 Å². The number of rotatable bonds is 0. The summed E-state index contributed by atoms with van der Waals surface area (Å²) >= 11 is 0. The van der Waals surface area contributed by atoms with E-state index in [0.29, 0.717) is 17.1 Å². The van der Waals surface area contributed by atoms with Crippen molar-refractivity contribution in [2.45, 2.75) is 53.4 Å². The second-order valence-corrected chi connectivity index (χ2v) is 7.37. The Morgan fingerprint density at radius 2 is 1.81 bits per heavy atom. The van der Waals surface area contributed by atoms with E-state index in [0.717, 1.165) is 37.0 Å². The average Bonchev–Trinajstić information content (AvgIpc) is 2.76. The van der Waals surface area contributed by atoms with Crippen molar-refractivity contribution in [2.24, 2.45) is 34.5 Å². The molecule has 0 radical (unpaired) electrons. The zero-order valence-corrected chi connectivity index (χ0v) is 11.0. The van der Waals surface area contributed by atoms with Crippen LogP contribution in [0.5, 0.6) is 0 Å². The minimum absolute atomic E-state index is 0.0343. The third kappa shape index (κ3) is 1.10. The van der Waals surface area contributed by atoms with Crippen LogP contribution in [0.2, 0.25) is 0 Å². The summed E-state index contributed by atoms with van der Waals surface area (Å²) in [6.45, 7) is 9.48. The Morgan fingerprint density at radius 1 is 1.12 bits per heavy atom. The molecule has 3 rings (SSSR count). The van der Waals surface area contributed by atoms with Gasteiger partial charge in [0.2, 0.25) is 0 Å². The number of hydrogen-bond donors (Lipinski definition) is 0. The third-order valence-corrected chi connectivity index (χ3v) is 6.31. The maximum absolute atomic E-state index is 12.3. The van der Waals surface area contributed by atoms with Crippen LogP contribution in [-0.2, 0) is 4.79 Å². The highest BCUT2D eigenvalue weighted by Gasteiger charge is 2.68.